The first-order chi connectivity index (χ1) is 31.5. The number of piperazine rings is 1. The Labute approximate surface area is 387 Å². The number of carbonyl (C=O) groups is 1. The second-order valence-corrected chi connectivity index (χ2v) is 18.9. The average molecular weight is 917 g/mol. The Morgan fingerprint density at radius 2 is 1.77 bits per heavy atom. The fourth-order valence-electron chi connectivity index (χ4n) is 8.84. The molecule has 3 aromatic carbocycles. The molecule has 0 radical (unpaired) electrons. The van der Waals surface area contributed by atoms with Crippen molar-refractivity contribution in [2.45, 2.75) is 50.3 Å². The number of halogens is 2. The Hall–Kier alpha value is -5.77. The molecule has 6 aromatic rings. The fraction of sp³-hybridized carbons (Fsp3) is 0.340. The molecule has 12 nitrogen and oxygen atoms in total. The number of carboxylic acid groups (broad SMARTS) is 1. The summed E-state index contributed by atoms with van der Waals surface area (Å²) in [6.45, 7) is 9.42. The summed E-state index contributed by atoms with van der Waals surface area (Å²) in [4.78, 5) is 39.8. The van der Waals surface area contributed by atoms with Crippen LogP contribution in [-0.2, 0) is 24.4 Å². The summed E-state index contributed by atoms with van der Waals surface area (Å²) in [5.41, 5.74) is 6.64. The van der Waals surface area contributed by atoms with Gasteiger partial charge in [0.1, 0.15) is 35.1 Å². The minimum absolute atomic E-state index is 0.0263. The lowest BCUT2D eigenvalue weighted by Gasteiger charge is -2.35. The summed E-state index contributed by atoms with van der Waals surface area (Å²) < 4.78 is 32.9. The van der Waals surface area contributed by atoms with Gasteiger partial charge in [-0.3, -0.25) is 4.90 Å². The SMILES string of the molecule is COc1ccccc1-c1nccc(COc2ccc3cc2C[C@H](C(=O)O)Oc2ncnc4sc(-c5ccc(F)cc5)c(c24)C2=CC=C(CN(CCCN4CCN(C)CC4)C3)C(C)(Cl)C2)n1. The van der Waals surface area contributed by atoms with Gasteiger partial charge in [-0.15, -0.1) is 22.9 Å². The van der Waals surface area contributed by atoms with Crippen molar-refractivity contribution in [3.63, 3.8) is 0 Å². The Kier molecular flexibility index (Phi) is 13.2. The number of ether oxygens (including phenoxy) is 3. The predicted octanol–water partition coefficient (Wildman–Crippen LogP) is 8.78. The molecular weight excluding hydrogens is 865 g/mol. The number of aliphatic carboxylic acids is 1. The molecule has 3 aromatic heterocycles. The molecule has 1 aliphatic carbocycles. The van der Waals surface area contributed by atoms with Gasteiger partial charge >= 0.3 is 5.97 Å². The molecular formula is C50H51ClFN7O5S. The van der Waals surface area contributed by atoms with Gasteiger partial charge in [0.2, 0.25) is 12.0 Å². The van der Waals surface area contributed by atoms with Crippen LogP contribution in [0, 0.1) is 5.82 Å². The number of hydrogen-bond donors (Lipinski definition) is 1. The highest BCUT2D eigenvalue weighted by Crippen LogP contribution is 2.49. The van der Waals surface area contributed by atoms with E-state index in [2.05, 4.69) is 55.8 Å². The summed E-state index contributed by atoms with van der Waals surface area (Å²) in [6.07, 6.45) is 7.37. The third-order valence-corrected chi connectivity index (χ3v) is 13.9. The van der Waals surface area contributed by atoms with E-state index >= 15 is 0 Å². The number of carboxylic acids is 1. The van der Waals surface area contributed by atoms with E-state index in [1.165, 1.54) is 29.8 Å². The van der Waals surface area contributed by atoms with E-state index in [-0.39, 0.29) is 24.7 Å². The topological polar surface area (TPSA) is 126 Å². The number of methoxy groups -OCH3 is 1. The molecule has 1 N–H and O–H groups in total. The minimum Gasteiger partial charge on any atom is -0.496 e. The number of para-hydroxylation sites is 1. The highest BCUT2D eigenvalue weighted by molar-refractivity contribution is 7.22. The Morgan fingerprint density at radius 3 is 2.55 bits per heavy atom. The Balaban J connectivity index is 1.11. The van der Waals surface area contributed by atoms with Crippen LogP contribution in [-0.4, -0.2) is 117 Å². The van der Waals surface area contributed by atoms with Crippen LogP contribution in [0.15, 0.2) is 103 Å². The van der Waals surface area contributed by atoms with Crippen LogP contribution in [0.2, 0.25) is 0 Å². The molecule has 15 heteroatoms. The highest BCUT2D eigenvalue weighted by atomic mass is 35.5. The maximum absolute atomic E-state index is 14.3. The van der Waals surface area contributed by atoms with E-state index < -0.39 is 16.9 Å². The zero-order chi connectivity index (χ0) is 45.1. The number of hydrogen-bond acceptors (Lipinski definition) is 12. The number of rotatable bonds is 11. The van der Waals surface area contributed by atoms with Crippen LogP contribution in [0.5, 0.6) is 17.4 Å². The van der Waals surface area contributed by atoms with Crippen LogP contribution in [0.3, 0.4) is 0 Å². The predicted molar refractivity (Wildman–Crippen MR) is 252 cm³/mol. The van der Waals surface area contributed by atoms with Crippen molar-refractivity contribution >= 4 is 44.7 Å². The lowest BCUT2D eigenvalue weighted by atomic mass is 9.83. The van der Waals surface area contributed by atoms with E-state index in [0.717, 1.165) is 84.0 Å². The van der Waals surface area contributed by atoms with Gasteiger partial charge in [0.15, 0.2) is 5.82 Å². The molecule has 4 bridgehead atoms. The van der Waals surface area contributed by atoms with Gasteiger partial charge in [-0.05, 0) is 97.6 Å². The molecule has 3 aliphatic heterocycles. The summed E-state index contributed by atoms with van der Waals surface area (Å²) in [7, 11) is 3.78. The molecule has 0 saturated carbocycles. The molecule has 4 aliphatic rings. The number of benzene rings is 3. The first-order valence-electron chi connectivity index (χ1n) is 21.9. The summed E-state index contributed by atoms with van der Waals surface area (Å²) in [5, 5.41) is 11.4. The van der Waals surface area contributed by atoms with Crippen LogP contribution in [0.25, 0.3) is 37.6 Å². The zero-order valence-corrected chi connectivity index (χ0v) is 38.2. The van der Waals surface area contributed by atoms with E-state index in [9.17, 15) is 14.3 Å². The largest absolute Gasteiger partial charge is 0.496 e. The third kappa shape index (κ3) is 10.1. The van der Waals surface area contributed by atoms with Gasteiger partial charge in [0, 0.05) is 68.9 Å². The van der Waals surface area contributed by atoms with E-state index in [1.807, 2.05) is 42.5 Å². The Morgan fingerprint density at radius 1 is 0.969 bits per heavy atom. The molecule has 336 valence electrons. The van der Waals surface area contributed by atoms with Crippen LogP contribution >= 0.6 is 22.9 Å². The van der Waals surface area contributed by atoms with Crippen molar-refractivity contribution in [2.75, 3.05) is 60.0 Å². The van der Waals surface area contributed by atoms with E-state index in [1.54, 1.807) is 31.5 Å². The van der Waals surface area contributed by atoms with Crippen molar-refractivity contribution in [3.8, 4) is 39.2 Å². The first-order valence-corrected chi connectivity index (χ1v) is 23.1. The van der Waals surface area contributed by atoms with Gasteiger partial charge in [-0.25, -0.2) is 29.1 Å². The molecule has 10 rings (SSSR count). The molecule has 65 heavy (non-hydrogen) atoms. The van der Waals surface area contributed by atoms with Crippen molar-refractivity contribution in [1.29, 1.82) is 0 Å². The molecule has 0 spiro atoms. The van der Waals surface area contributed by atoms with Crippen LogP contribution in [0.4, 0.5) is 4.39 Å². The first kappa shape index (κ1) is 44.4. The second kappa shape index (κ2) is 19.4. The molecule has 6 heterocycles. The standard InChI is InChI=1S/C50H51ClFN7O5S/c1-50(51)27-34-10-13-36(50)29-59(20-6-19-58-23-21-57(2)22-24-58)28-32-9-16-40(63-30-38-17-18-53-46(56-38)39-7-4-5-8-41(39)62-3)35(25-32)26-42(49(60)61)64-47-44-43(34)45(65-48(44)55-31-54-47)33-11-14-37(52)15-12-33/h4-5,7-18,25,31,42H,6,19-24,26-30H2,1-3H3,(H,60,61)/t42-,50?/m1/s1. The normalized spacial score (nSPS) is 19.7. The number of thiophene rings is 1. The van der Waals surface area contributed by atoms with E-state index in [0.29, 0.717) is 58.3 Å². The minimum atomic E-state index is -1.36. The molecule has 1 fully saturated rings. The maximum atomic E-state index is 14.3. The van der Waals surface area contributed by atoms with Crippen molar-refractivity contribution in [2.24, 2.45) is 0 Å². The monoisotopic (exact) mass is 915 g/mol. The van der Waals surface area contributed by atoms with Gasteiger partial charge in [0.05, 0.1) is 28.6 Å². The smallest absolute Gasteiger partial charge is 0.345 e. The summed E-state index contributed by atoms with van der Waals surface area (Å²) in [5.74, 6) is 0.284. The number of aromatic nitrogens is 4. The number of fused-ring (bicyclic) bond motifs is 6. The van der Waals surface area contributed by atoms with Gasteiger partial charge < -0.3 is 29.1 Å². The quantitative estimate of drug-likeness (QED) is 0.125. The molecule has 0 amide bonds. The molecule has 1 saturated heterocycles. The number of allylic oxidation sites excluding steroid dienone is 3. The molecule has 2 atom stereocenters. The molecule has 1 unspecified atom stereocenters. The second-order valence-electron chi connectivity index (χ2n) is 17.1. The van der Waals surface area contributed by atoms with E-state index in [4.69, 9.17) is 30.8 Å². The number of likely N-dealkylation sites (N-methyl/N-ethyl adjacent to an activating group) is 1. The average Bonchev–Trinajstić information content (AvgIpc) is 3.70. The van der Waals surface area contributed by atoms with Crippen molar-refractivity contribution in [1.82, 2.24) is 34.6 Å². The zero-order valence-electron chi connectivity index (χ0n) is 36.7. The van der Waals surface area contributed by atoms with Crippen molar-refractivity contribution in [3.05, 3.63) is 131 Å². The summed E-state index contributed by atoms with van der Waals surface area (Å²) >= 11 is 9.03. The highest BCUT2D eigenvalue weighted by Gasteiger charge is 2.35. The van der Waals surface area contributed by atoms with Gasteiger partial charge in [-0.2, -0.15) is 0 Å². The van der Waals surface area contributed by atoms with Crippen LogP contribution in [0.1, 0.15) is 42.1 Å². The lowest BCUT2D eigenvalue weighted by molar-refractivity contribution is -0.145. The third-order valence-electron chi connectivity index (χ3n) is 12.4. The Bertz CT molecular complexity index is 2750. The maximum Gasteiger partial charge on any atom is 0.345 e. The van der Waals surface area contributed by atoms with Crippen molar-refractivity contribution < 1.29 is 28.5 Å². The van der Waals surface area contributed by atoms with Crippen LogP contribution < -0.4 is 14.2 Å². The lowest BCUT2D eigenvalue weighted by Crippen LogP contribution is -2.45. The van der Waals surface area contributed by atoms with Gasteiger partial charge in [0.25, 0.3) is 0 Å². The summed E-state index contributed by atoms with van der Waals surface area (Å²) in [6, 6.07) is 21.7. The number of alkyl halides is 1. The number of nitrogens with zero attached hydrogens (tertiary/aromatic N) is 7. The fourth-order valence-corrected chi connectivity index (χ4v) is 10.3. The van der Waals surface area contributed by atoms with Gasteiger partial charge in [-0.1, -0.05) is 48.6 Å².